The minimum absolute atomic E-state index is 0.0452. The van der Waals surface area contributed by atoms with Gasteiger partial charge in [-0.15, -0.1) is 0 Å². The zero-order valence-corrected chi connectivity index (χ0v) is 7.42. The van der Waals surface area contributed by atoms with E-state index in [2.05, 4.69) is 5.32 Å². The van der Waals surface area contributed by atoms with E-state index in [4.69, 9.17) is 10.2 Å². The summed E-state index contributed by atoms with van der Waals surface area (Å²) in [5, 5.41) is 20.2. The van der Waals surface area contributed by atoms with Gasteiger partial charge in [0, 0.05) is 12.6 Å². The second-order valence-corrected chi connectivity index (χ2v) is 5.17. The fourth-order valence-electron chi connectivity index (χ4n) is 1.05. The van der Waals surface area contributed by atoms with E-state index in [9.17, 15) is 8.42 Å². The van der Waals surface area contributed by atoms with E-state index < -0.39 is 15.9 Å². The molecule has 1 unspecified atom stereocenters. The Balaban J connectivity index is 2.12. The lowest BCUT2D eigenvalue weighted by molar-refractivity contribution is 0.0926. The summed E-state index contributed by atoms with van der Waals surface area (Å²) >= 11 is 0. The number of sulfone groups is 1. The molecule has 0 spiro atoms. The fourth-order valence-corrected chi connectivity index (χ4v) is 2.41. The zero-order valence-electron chi connectivity index (χ0n) is 6.60. The molecule has 5 nitrogen and oxygen atoms in total. The van der Waals surface area contributed by atoms with Gasteiger partial charge in [0.05, 0.1) is 24.2 Å². The Kier molecular flexibility index (Phi) is 3.05. The largest absolute Gasteiger partial charge is 0.394 e. The van der Waals surface area contributed by atoms with Crippen molar-refractivity contribution in [2.45, 2.75) is 12.1 Å². The van der Waals surface area contributed by atoms with Crippen LogP contribution in [0.5, 0.6) is 0 Å². The van der Waals surface area contributed by atoms with Crippen LogP contribution in [0.25, 0.3) is 0 Å². The Morgan fingerprint density at radius 1 is 1.50 bits per heavy atom. The highest BCUT2D eigenvalue weighted by atomic mass is 32.2. The van der Waals surface area contributed by atoms with Crippen LogP contribution in [0.3, 0.4) is 0 Å². The van der Waals surface area contributed by atoms with Gasteiger partial charge in [-0.05, 0) is 0 Å². The molecule has 0 saturated carbocycles. The van der Waals surface area contributed by atoms with Crippen LogP contribution in [-0.2, 0) is 9.84 Å². The van der Waals surface area contributed by atoms with Gasteiger partial charge in [0.25, 0.3) is 0 Å². The smallest absolute Gasteiger partial charge is 0.153 e. The standard InChI is InChI=1S/C6H13NO4S/c8-2-6(9)1-7-5-3-12(10,11)4-5/h5-9H,1-4H2. The van der Waals surface area contributed by atoms with Crippen molar-refractivity contribution in [2.24, 2.45) is 0 Å². The van der Waals surface area contributed by atoms with Crippen LogP contribution in [-0.4, -0.2) is 55.4 Å². The van der Waals surface area contributed by atoms with Gasteiger partial charge in [0.15, 0.2) is 9.84 Å². The van der Waals surface area contributed by atoms with Gasteiger partial charge in [-0.2, -0.15) is 0 Å². The molecule has 0 aromatic rings. The van der Waals surface area contributed by atoms with Gasteiger partial charge in [0.2, 0.25) is 0 Å². The van der Waals surface area contributed by atoms with Crippen molar-refractivity contribution in [3.8, 4) is 0 Å². The summed E-state index contributed by atoms with van der Waals surface area (Å²) in [6.45, 7) is -0.0524. The van der Waals surface area contributed by atoms with Crippen LogP contribution in [0.2, 0.25) is 0 Å². The highest BCUT2D eigenvalue weighted by Crippen LogP contribution is 2.09. The molecule has 1 aliphatic heterocycles. The van der Waals surface area contributed by atoms with Crippen molar-refractivity contribution in [3.05, 3.63) is 0 Å². The first kappa shape index (κ1) is 9.91. The van der Waals surface area contributed by atoms with Gasteiger partial charge >= 0.3 is 0 Å². The summed E-state index contributed by atoms with van der Waals surface area (Å²) in [4.78, 5) is 0. The van der Waals surface area contributed by atoms with E-state index in [1.165, 1.54) is 0 Å². The van der Waals surface area contributed by atoms with Crippen molar-refractivity contribution in [3.63, 3.8) is 0 Å². The van der Waals surface area contributed by atoms with Crippen molar-refractivity contribution in [1.82, 2.24) is 5.32 Å². The van der Waals surface area contributed by atoms with Crippen LogP contribution in [0.15, 0.2) is 0 Å². The molecule has 0 radical (unpaired) electrons. The minimum atomic E-state index is -2.79. The van der Waals surface area contributed by atoms with Crippen LogP contribution in [0.1, 0.15) is 0 Å². The number of hydrogen-bond acceptors (Lipinski definition) is 5. The van der Waals surface area contributed by atoms with Crippen molar-refractivity contribution in [1.29, 1.82) is 0 Å². The van der Waals surface area contributed by atoms with Crippen LogP contribution >= 0.6 is 0 Å². The number of rotatable bonds is 4. The molecule has 0 amide bonds. The van der Waals surface area contributed by atoms with E-state index in [0.29, 0.717) is 0 Å². The lowest BCUT2D eigenvalue weighted by Gasteiger charge is -2.27. The van der Waals surface area contributed by atoms with Crippen molar-refractivity contribution in [2.75, 3.05) is 24.7 Å². The van der Waals surface area contributed by atoms with Gasteiger partial charge in [-0.25, -0.2) is 8.42 Å². The van der Waals surface area contributed by atoms with Crippen LogP contribution in [0.4, 0.5) is 0 Å². The fraction of sp³-hybridized carbons (Fsp3) is 1.00. The Morgan fingerprint density at radius 2 is 2.08 bits per heavy atom. The molecule has 1 saturated heterocycles. The average molecular weight is 195 g/mol. The first-order valence-electron chi connectivity index (χ1n) is 3.76. The molecule has 0 aliphatic carbocycles. The van der Waals surface area contributed by atoms with Gasteiger partial charge in [0.1, 0.15) is 0 Å². The Bertz CT molecular complexity index is 226. The second kappa shape index (κ2) is 3.69. The lowest BCUT2D eigenvalue weighted by Crippen LogP contribution is -2.52. The number of nitrogens with one attached hydrogen (secondary N) is 1. The summed E-state index contributed by atoms with van der Waals surface area (Å²) in [7, 11) is -2.79. The van der Waals surface area contributed by atoms with Crippen LogP contribution < -0.4 is 5.32 Å². The van der Waals surface area contributed by atoms with E-state index in [0.717, 1.165) is 0 Å². The first-order chi connectivity index (χ1) is 5.53. The molecular weight excluding hydrogens is 182 g/mol. The number of aliphatic hydroxyl groups is 2. The summed E-state index contributed by atoms with van der Waals surface area (Å²) in [6, 6.07) is -0.0452. The Labute approximate surface area is 71.3 Å². The maximum Gasteiger partial charge on any atom is 0.153 e. The highest BCUT2D eigenvalue weighted by molar-refractivity contribution is 7.92. The van der Waals surface area contributed by atoms with E-state index >= 15 is 0 Å². The lowest BCUT2D eigenvalue weighted by atomic mass is 10.3. The van der Waals surface area contributed by atoms with Crippen molar-refractivity contribution >= 4 is 9.84 Å². The molecule has 1 fully saturated rings. The van der Waals surface area contributed by atoms with Crippen molar-refractivity contribution < 1.29 is 18.6 Å². The second-order valence-electron chi connectivity index (χ2n) is 3.02. The molecule has 0 bridgehead atoms. The van der Waals surface area contributed by atoms with Gasteiger partial charge in [-0.1, -0.05) is 0 Å². The molecule has 0 aromatic carbocycles. The minimum Gasteiger partial charge on any atom is -0.394 e. The molecular formula is C6H13NO4S. The Hall–Kier alpha value is -0.170. The molecule has 72 valence electrons. The molecule has 1 atom stereocenters. The third kappa shape index (κ3) is 2.71. The third-order valence-electron chi connectivity index (χ3n) is 1.76. The molecule has 3 N–H and O–H groups in total. The quantitative estimate of drug-likeness (QED) is 0.471. The van der Waals surface area contributed by atoms with E-state index in [-0.39, 0.29) is 30.7 Å². The summed E-state index contributed by atoms with van der Waals surface area (Å²) in [5.74, 6) is 0.288. The molecule has 0 aromatic heterocycles. The van der Waals surface area contributed by atoms with E-state index in [1.807, 2.05) is 0 Å². The zero-order chi connectivity index (χ0) is 9.19. The third-order valence-corrected chi connectivity index (χ3v) is 3.58. The maximum atomic E-state index is 10.7. The molecule has 6 heteroatoms. The Morgan fingerprint density at radius 3 is 2.50 bits per heavy atom. The summed E-state index contributed by atoms with van der Waals surface area (Å²) < 4.78 is 21.3. The topological polar surface area (TPSA) is 86.6 Å². The summed E-state index contributed by atoms with van der Waals surface area (Å²) in [6.07, 6.45) is -0.798. The van der Waals surface area contributed by atoms with E-state index in [1.54, 1.807) is 0 Å². The molecule has 1 aliphatic rings. The average Bonchev–Trinajstić information content (AvgIpc) is 1.96. The predicted molar refractivity (Wildman–Crippen MR) is 43.5 cm³/mol. The molecule has 12 heavy (non-hydrogen) atoms. The predicted octanol–water partition coefficient (Wildman–Crippen LogP) is -2.27. The maximum absolute atomic E-state index is 10.7. The SMILES string of the molecule is O=S1(=O)CC(NCC(O)CO)C1. The summed E-state index contributed by atoms with van der Waals surface area (Å²) in [5.41, 5.74) is 0. The van der Waals surface area contributed by atoms with Crippen LogP contribution in [0, 0.1) is 0 Å². The normalized spacial score (nSPS) is 24.8. The monoisotopic (exact) mass is 195 g/mol. The highest BCUT2D eigenvalue weighted by Gasteiger charge is 2.32. The first-order valence-corrected chi connectivity index (χ1v) is 5.58. The number of hydrogen-bond donors (Lipinski definition) is 3. The molecule has 1 rings (SSSR count). The molecule has 1 heterocycles. The number of aliphatic hydroxyl groups excluding tert-OH is 2. The van der Waals surface area contributed by atoms with Gasteiger partial charge in [-0.3, -0.25) is 0 Å². The van der Waals surface area contributed by atoms with Gasteiger partial charge < -0.3 is 15.5 Å².